The summed E-state index contributed by atoms with van der Waals surface area (Å²) >= 11 is 12.2. The minimum Gasteiger partial charge on any atom is -0.494 e. The van der Waals surface area contributed by atoms with Crippen LogP contribution in [0.2, 0.25) is 10.0 Å². The van der Waals surface area contributed by atoms with Gasteiger partial charge in [0, 0.05) is 5.02 Å². The number of carbonyl (C=O) groups is 1. The van der Waals surface area contributed by atoms with E-state index < -0.39 is 0 Å². The molecule has 0 fully saturated rings. The number of para-hydroxylation sites is 1. The molecular formula is C15H14Cl2N2O2. The van der Waals surface area contributed by atoms with Gasteiger partial charge in [-0.3, -0.25) is 4.79 Å². The summed E-state index contributed by atoms with van der Waals surface area (Å²) in [6.07, 6.45) is 0. The first-order valence-corrected chi connectivity index (χ1v) is 6.89. The number of aryl methyl sites for hydroxylation is 1. The molecule has 0 saturated heterocycles. The van der Waals surface area contributed by atoms with Crippen molar-refractivity contribution in [3.05, 3.63) is 51.5 Å². The van der Waals surface area contributed by atoms with E-state index in [0.717, 1.165) is 5.56 Å². The molecule has 110 valence electrons. The summed E-state index contributed by atoms with van der Waals surface area (Å²) in [4.78, 5) is 12.3. The van der Waals surface area contributed by atoms with E-state index in [1.807, 2.05) is 6.92 Å². The van der Waals surface area contributed by atoms with Crippen molar-refractivity contribution in [3.63, 3.8) is 0 Å². The second-order valence-electron chi connectivity index (χ2n) is 4.46. The van der Waals surface area contributed by atoms with Gasteiger partial charge in [0.2, 0.25) is 0 Å². The summed E-state index contributed by atoms with van der Waals surface area (Å²) in [7, 11) is 1.46. The lowest BCUT2D eigenvalue weighted by Gasteiger charge is -2.13. The number of benzene rings is 2. The third-order valence-electron chi connectivity index (χ3n) is 2.99. The zero-order valence-corrected chi connectivity index (χ0v) is 13.0. The molecule has 0 atom stereocenters. The SMILES string of the molecule is COc1c(N)cccc1C(=O)Nc1cc(Cl)c(C)cc1Cl. The lowest BCUT2D eigenvalue weighted by Crippen LogP contribution is -2.14. The largest absolute Gasteiger partial charge is 0.494 e. The van der Waals surface area contributed by atoms with E-state index in [1.165, 1.54) is 7.11 Å². The number of halogens is 2. The van der Waals surface area contributed by atoms with Crippen LogP contribution >= 0.6 is 23.2 Å². The second kappa shape index (κ2) is 6.24. The minimum atomic E-state index is -0.374. The number of amides is 1. The fourth-order valence-electron chi connectivity index (χ4n) is 1.89. The zero-order chi connectivity index (χ0) is 15.6. The lowest BCUT2D eigenvalue weighted by molar-refractivity contribution is 0.102. The van der Waals surface area contributed by atoms with Crippen LogP contribution in [0.4, 0.5) is 11.4 Å². The van der Waals surface area contributed by atoms with Crippen molar-refractivity contribution in [3.8, 4) is 5.75 Å². The Balaban J connectivity index is 2.35. The van der Waals surface area contributed by atoms with Crippen LogP contribution in [0, 0.1) is 6.92 Å². The maximum Gasteiger partial charge on any atom is 0.259 e. The summed E-state index contributed by atoms with van der Waals surface area (Å²) in [5, 5.41) is 3.64. The molecule has 0 saturated carbocycles. The number of nitrogens with one attached hydrogen (secondary N) is 1. The summed E-state index contributed by atoms with van der Waals surface area (Å²) in [6.45, 7) is 1.83. The monoisotopic (exact) mass is 324 g/mol. The molecule has 0 heterocycles. The number of hydrogen-bond acceptors (Lipinski definition) is 3. The first kappa shape index (κ1) is 15.5. The van der Waals surface area contributed by atoms with Gasteiger partial charge < -0.3 is 15.8 Å². The molecule has 6 heteroatoms. The number of hydrogen-bond donors (Lipinski definition) is 2. The molecule has 0 unspecified atom stereocenters. The molecule has 21 heavy (non-hydrogen) atoms. The van der Waals surface area contributed by atoms with Crippen molar-refractivity contribution in [2.45, 2.75) is 6.92 Å². The topological polar surface area (TPSA) is 64.3 Å². The summed E-state index contributed by atoms with van der Waals surface area (Å²) in [5.41, 5.74) is 7.76. The van der Waals surface area contributed by atoms with Gasteiger partial charge in [0.25, 0.3) is 5.91 Å². The van der Waals surface area contributed by atoms with Crippen LogP contribution in [0.3, 0.4) is 0 Å². The fraction of sp³-hybridized carbons (Fsp3) is 0.133. The fourth-order valence-corrected chi connectivity index (χ4v) is 2.32. The van der Waals surface area contributed by atoms with Crippen LogP contribution in [0.5, 0.6) is 5.75 Å². The molecular weight excluding hydrogens is 311 g/mol. The average molecular weight is 325 g/mol. The van der Waals surface area contributed by atoms with Gasteiger partial charge in [0.15, 0.2) is 5.75 Å². The van der Waals surface area contributed by atoms with Crippen LogP contribution in [0.25, 0.3) is 0 Å². The Hall–Kier alpha value is -1.91. The highest BCUT2D eigenvalue weighted by molar-refractivity contribution is 6.36. The number of anilines is 2. The molecule has 0 aliphatic heterocycles. The molecule has 2 aromatic rings. The van der Waals surface area contributed by atoms with Crippen molar-refractivity contribution in [1.82, 2.24) is 0 Å². The van der Waals surface area contributed by atoms with E-state index in [9.17, 15) is 4.79 Å². The van der Waals surface area contributed by atoms with Crippen LogP contribution in [0.15, 0.2) is 30.3 Å². The van der Waals surface area contributed by atoms with Crippen molar-refractivity contribution in [2.24, 2.45) is 0 Å². The van der Waals surface area contributed by atoms with Gasteiger partial charge in [-0.05, 0) is 36.8 Å². The van der Waals surface area contributed by atoms with Crippen molar-refractivity contribution >= 4 is 40.5 Å². The molecule has 2 aromatic carbocycles. The van der Waals surface area contributed by atoms with Gasteiger partial charge in [-0.2, -0.15) is 0 Å². The third kappa shape index (κ3) is 3.23. The van der Waals surface area contributed by atoms with Crippen LogP contribution in [0.1, 0.15) is 15.9 Å². The Bertz CT molecular complexity index is 702. The Labute approximate surface area is 132 Å². The molecule has 0 aromatic heterocycles. The third-order valence-corrected chi connectivity index (χ3v) is 3.71. The number of carbonyl (C=O) groups excluding carboxylic acids is 1. The van der Waals surface area contributed by atoms with Gasteiger partial charge in [0.1, 0.15) is 0 Å². The number of nitrogen functional groups attached to an aromatic ring is 1. The van der Waals surface area contributed by atoms with E-state index in [0.29, 0.717) is 32.7 Å². The zero-order valence-electron chi connectivity index (χ0n) is 11.5. The molecule has 0 aliphatic carbocycles. The van der Waals surface area contributed by atoms with Crippen molar-refractivity contribution in [2.75, 3.05) is 18.2 Å². The Morgan fingerprint density at radius 1 is 1.24 bits per heavy atom. The molecule has 4 nitrogen and oxygen atoms in total. The Kier molecular flexibility index (Phi) is 4.60. The van der Waals surface area contributed by atoms with Gasteiger partial charge in [-0.15, -0.1) is 0 Å². The van der Waals surface area contributed by atoms with Crippen LogP contribution < -0.4 is 15.8 Å². The normalized spacial score (nSPS) is 10.3. The highest BCUT2D eigenvalue weighted by Crippen LogP contribution is 2.31. The van der Waals surface area contributed by atoms with Gasteiger partial charge in [-0.1, -0.05) is 29.3 Å². The summed E-state index contributed by atoms with van der Waals surface area (Å²) in [6, 6.07) is 8.25. The maximum atomic E-state index is 12.3. The smallest absolute Gasteiger partial charge is 0.259 e. The minimum absolute atomic E-state index is 0.323. The molecule has 1 amide bonds. The van der Waals surface area contributed by atoms with Gasteiger partial charge >= 0.3 is 0 Å². The van der Waals surface area contributed by atoms with Crippen LogP contribution in [-0.2, 0) is 0 Å². The molecule has 0 aliphatic rings. The van der Waals surface area contributed by atoms with E-state index in [-0.39, 0.29) is 5.91 Å². The predicted molar refractivity (Wildman–Crippen MR) is 86.6 cm³/mol. The predicted octanol–water partition coefficient (Wildman–Crippen LogP) is 4.14. The maximum absolute atomic E-state index is 12.3. The Morgan fingerprint density at radius 2 is 1.95 bits per heavy atom. The highest BCUT2D eigenvalue weighted by Gasteiger charge is 2.16. The number of ether oxygens (including phenoxy) is 1. The molecule has 2 rings (SSSR count). The first-order chi connectivity index (χ1) is 9.93. The molecule has 3 N–H and O–H groups in total. The lowest BCUT2D eigenvalue weighted by atomic mass is 10.1. The molecule has 0 spiro atoms. The highest BCUT2D eigenvalue weighted by atomic mass is 35.5. The number of methoxy groups -OCH3 is 1. The van der Waals surface area contributed by atoms with E-state index in [1.54, 1.807) is 30.3 Å². The van der Waals surface area contributed by atoms with Crippen molar-refractivity contribution < 1.29 is 9.53 Å². The summed E-state index contributed by atoms with van der Waals surface area (Å²) < 4.78 is 5.16. The average Bonchev–Trinajstić information content (AvgIpc) is 2.44. The summed E-state index contributed by atoms with van der Waals surface area (Å²) in [5.74, 6) is -0.0506. The van der Waals surface area contributed by atoms with Gasteiger partial charge in [0.05, 0.1) is 29.1 Å². The van der Waals surface area contributed by atoms with E-state index in [4.69, 9.17) is 33.7 Å². The first-order valence-electron chi connectivity index (χ1n) is 6.13. The molecule has 0 radical (unpaired) electrons. The Morgan fingerprint density at radius 3 is 2.62 bits per heavy atom. The quantitative estimate of drug-likeness (QED) is 0.834. The van der Waals surface area contributed by atoms with E-state index in [2.05, 4.69) is 5.32 Å². The number of rotatable bonds is 3. The van der Waals surface area contributed by atoms with Crippen LogP contribution in [-0.4, -0.2) is 13.0 Å². The van der Waals surface area contributed by atoms with Gasteiger partial charge in [-0.25, -0.2) is 0 Å². The van der Waals surface area contributed by atoms with Crippen molar-refractivity contribution in [1.29, 1.82) is 0 Å². The second-order valence-corrected chi connectivity index (χ2v) is 5.28. The number of nitrogens with two attached hydrogens (primary N) is 1. The standard InChI is InChI=1S/C15H14Cl2N2O2/c1-8-6-11(17)13(7-10(8)16)19-15(20)9-4-3-5-12(18)14(9)21-2/h3-7H,18H2,1-2H3,(H,19,20). The molecule has 0 bridgehead atoms. The van der Waals surface area contributed by atoms with E-state index >= 15 is 0 Å².